The SMILES string of the molecule is CSc1ncc2c(n1)N(C1CC[Si](C)(C)C1)C(=O)C21CC1. The summed E-state index contributed by atoms with van der Waals surface area (Å²) in [5, 5.41) is 0.777. The molecule has 0 aromatic carbocycles. The van der Waals surface area contributed by atoms with Gasteiger partial charge < -0.3 is 0 Å². The van der Waals surface area contributed by atoms with Gasteiger partial charge in [0.2, 0.25) is 5.91 Å². The van der Waals surface area contributed by atoms with Crippen LogP contribution in [0.15, 0.2) is 11.4 Å². The third kappa shape index (κ3) is 1.91. The van der Waals surface area contributed by atoms with E-state index in [1.807, 2.05) is 12.5 Å². The summed E-state index contributed by atoms with van der Waals surface area (Å²) in [6, 6.07) is 2.92. The first-order valence-electron chi connectivity index (χ1n) is 7.72. The molecule has 21 heavy (non-hydrogen) atoms. The van der Waals surface area contributed by atoms with Crippen molar-refractivity contribution < 1.29 is 4.79 Å². The fraction of sp³-hybridized carbons (Fsp3) is 0.667. The van der Waals surface area contributed by atoms with E-state index in [9.17, 15) is 4.79 Å². The summed E-state index contributed by atoms with van der Waals surface area (Å²) in [6.45, 7) is 4.88. The first kappa shape index (κ1) is 13.8. The Bertz CT molecular complexity index is 629. The number of carbonyl (C=O) groups is 1. The predicted octanol–water partition coefficient (Wildman–Crippen LogP) is 3.06. The average molecular weight is 320 g/mol. The maximum Gasteiger partial charge on any atom is 0.239 e. The number of amides is 1. The summed E-state index contributed by atoms with van der Waals surface area (Å²) < 4.78 is 0. The molecule has 1 amide bonds. The van der Waals surface area contributed by atoms with Gasteiger partial charge in [-0.25, -0.2) is 9.97 Å². The first-order valence-corrected chi connectivity index (χ1v) is 12.4. The summed E-state index contributed by atoms with van der Waals surface area (Å²) in [5.74, 6) is 1.23. The molecule has 2 aliphatic heterocycles. The van der Waals surface area contributed by atoms with Crippen molar-refractivity contribution in [2.24, 2.45) is 0 Å². The molecule has 6 heteroatoms. The lowest BCUT2D eigenvalue weighted by atomic mass is 10.0. The molecule has 0 bridgehead atoms. The second-order valence-corrected chi connectivity index (χ2v) is 13.4. The van der Waals surface area contributed by atoms with Gasteiger partial charge in [-0.15, -0.1) is 0 Å². The molecule has 1 spiro atoms. The molecule has 3 aliphatic rings. The van der Waals surface area contributed by atoms with Gasteiger partial charge in [0.15, 0.2) is 5.16 Å². The van der Waals surface area contributed by atoms with Gasteiger partial charge in [0.05, 0.1) is 5.41 Å². The lowest BCUT2D eigenvalue weighted by Crippen LogP contribution is -2.40. The van der Waals surface area contributed by atoms with Crippen LogP contribution in [0.3, 0.4) is 0 Å². The lowest BCUT2D eigenvalue weighted by Gasteiger charge is -2.26. The van der Waals surface area contributed by atoms with E-state index in [1.165, 1.54) is 12.1 Å². The van der Waals surface area contributed by atoms with Gasteiger partial charge in [0, 0.05) is 25.9 Å². The van der Waals surface area contributed by atoms with Crippen LogP contribution in [0.2, 0.25) is 25.2 Å². The highest BCUT2D eigenvalue weighted by Crippen LogP contribution is 2.58. The molecule has 1 unspecified atom stereocenters. The zero-order chi connectivity index (χ0) is 14.8. The number of carbonyl (C=O) groups excluding carboxylic acids is 1. The fourth-order valence-electron chi connectivity index (χ4n) is 3.99. The highest BCUT2D eigenvalue weighted by molar-refractivity contribution is 7.98. The minimum atomic E-state index is -1.11. The maximum absolute atomic E-state index is 13.0. The number of hydrogen-bond acceptors (Lipinski definition) is 4. The zero-order valence-electron chi connectivity index (χ0n) is 12.8. The van der Waals surface area contributed by atoms with Crippen LogP contribution >= 0.6 is 11.8 Å². The molecule has 1 saturated heterocycles. The Morgan fingerprint density at radius 1 is 1.43 bits per heavy atom. The molecule has 112 valence electrons. The monoisotopic (exact) mass is 319 g/mol. The van der Waals surface area contributed by atoms with Crippen molar-refractivity contribution in [2.45, 2.75) is 61.1 Å². The van der Waals surface area contributed by atoms with Crippen LogP contribution in [0.5, 0.6) is 0 Å². The topological polar surface area (TPSA) is 46.1 Å². The van der Waals surface area contributed by atoms with Gasteiger partial charge in [-0.05, 0) is 31.6 Å². The summed E-state index contributed by atoms with van der Waals surface area (Å²) in [4.78, 5) is 24.2. The number of thioether (sulfide) groups is 1. The van der Waals surface area contributed by atoms with Crippen LogP contribution < -0.4 is 4.90 Å². The molecular weight excluding hydrogens is 298 g/mol. The number of aromatic nitrogens is 2. The van der Waals surface area contributed by atoms with Crippen LogP contribution in [0.25, 0.3) is 0 Å². The molecule has 2 fully saturated rings. The van der Waals surface area contributed by atoms with Crippen LogP contribution in [0, 0.1) is 0 Å². The predicted molar refractivity (Wildman–Crippen MR) is 87.7 cm³/mol. The molecule has 0 radical (unpaired) electrons. The molecule has 1 atom stereocenters. The smallest absolute Gasteiger partial charge is 0.239 e. The van der Waals surface area contributed by atoms with E-state index in [4.69, 9.17) is 4.98 Å². The summed E-state index contributed by atoms with van der Waals surface area (Å²) in [6.07, 6.45) is 7.01. The Balaban J connectivity index is 1.77. The average Bonchev–Trinajstić information content (AvgIpc) is 3.13. The van der Waals surface area contributed by atoms with E-state index >= 15 is 0 Å². The standard InChI is InChI=1S/C15H21N3OSSi/c1-20-14-16-8-11-12(17-14)18(13(19)15(11)5-6-15)10-4-7-21(2,3)9-10/h8,10H,4-7,9H2,1-3H3. The van der Waals surface area contributed by atoms with Crippen molar-refractivity contribution in [1.82, 2.24) is 9.97 Å². The normalized spacial score (nSPS) is 28.2. The highest BCUT2D eigenvalue weighted by Gasteiger charge is 2.62. The molecular formula is C15H21N3OSSi. The Hall–Kier alpha value is -0.883. The van der Waals surface area contributed by atoms with Crippen LogP contribution in [-0.2, 0) is 10.2 Å². The van der Waals surface area contributed by atoms with E-state index in [0.717, 1.165) is 35.8 Å². The Kier molecular flexibility index (Phi) is 2.83. The van der Waals surface area contributed by atoms with Gasteiger partial charge in [-0.2, -0.15) is 0 Å². The largest absolute Gasteiger partial charge is 0.293 e. The van der Waals surface area contributed by atoms with Crippen molar-refractivity contribution in [3.63, 3.8) is 0 Å². The van der Waals surface area contributed by atoms with Crippen LogP contribution in [-0.4, -0.2) is 36.2 Å². The fourth-order valence-corrected chi connectivity index (χ4v) is 7.30. The van der Waals surface area contributed by atoms with Crippen molar-refractivity contribution in [3.05, 3.63) is 11.8 Å². The van der Waals surface area contributed by atoms with Crippen molar-refractivity contribution in [2.75, 3.05) is 11.2 Å². The minimum Gasteiger partial charge on any atom is -0.293 e. The molecule has 1 aromatic heterocycles. The Morgan fingerprint density at radius 2 is 2.19 bits per heavy atom. The zero-order valence-corrected chi connectivity index (χ0v) is 14.7. The molecule has 4 rings (SSSR count). The van der Waals surface area contributed by atoms with Crippen molar-refractivity contribution in [3.8, 4) is 0 Å². The van der Waals surface area contributed by atoms with E-state index in [0.29, 0.717) is 11.9 Å². The van der Waals surface area contributed by atoms with E-state index in [-0.39, 0.29) is 5.41 Å². The Labute approximate surface area is 130 Å². The van der Waals surface area contributed by atoms with Gasteiger partial charge in [0.1, 0.15) is 5.82 Å². The molecule has 0 N–H and O–H groups in total. The third-order valence-electron chi connectivity index (χ3n) is 5.36. The molecule has 1 aliphatic carbocycles. The molecule has 3 heterocycles. The van der Waals surface area contributed by atoms with Gasteiger partial charge in [0.25, 0.3) is 0 Å². The number of hydrogen-bond donors (Lipinski definition) is 0. The molecule has 4 nitrogen and oxygen atoms in total. The van der Waals surface area contributed by atoms with Crippen molar-refractivity contribution >= 4 is 31.6 Å². The van der Waals surface area contributed by atoms with E-state index in [2.05, 4.69) is 23.0 Å². The number of fused-ring (bicyclic) bond motifs is 2. The number of anilines is 1. The van der Waals surface area contributed by atoms with Gasteiger partial charge >= 0.3 is 0 Å². The first-order chi connectivity index (χ1) is 9.97. The number of rotatable bonds is 2. The van der Waals surface area contributed by atoms with E-state index < -0.39 is 8.07 Å². The van der Waals surface area contributed by atoms with E-state index in [1.54, 1.807) is 11.8 Å². The second-order valence-electron chi connectivity index (χ2n) is 7.41. The molecule has 1 aromatic rings. The van der Waals surface area contributed by atoms with Crippen molar-refractivity contribution in [1.29, 1.82) is 0 Å². The summed E-state index contributed by atoms with van der Waals surface area (Å²) >= 11 is 1.55. The van der Waals surface area contributed by atoms with Crippen LogP contribution in [0.4, 0.5) is 5.82 Å². The summed E-state index contributed by atoms with van der Waals surface area (Å²) in [5.41, 5.74) is 0.845. The highest BCUT2D eigenvalue weighted by atomic mass is 32.2. The lowest BCUT2D eigenvalue weighted by molar-refractivity contribution is -0.120. The third-order valence-corrected chi connectivity index (χ3v) is 9.14. The maximum atomic E-state index is 13.0. The Morgan fingerprint density at radius 3 is 2.76 bits per heavy atom. The quantitative estimate of drug-likeness (QED) is 0.477. The second kappa shape index (κ2) is 4.32. The van der Waals surface area contributed by atoms with Gasteiger partial charge in [-0.1, -0.05) is 30.9 Å². The summed E-state index contributed by atoms with van der Waals surface area (Å²) in [7, 11) is -1.11. The van der Waals surface area contributed by atoms with Gasteiger partial charge in [-0.3, -0.25) is 9.69 Å². The molecule has 1 saturated carbocycles. The minimum absolute atomic E-state index is 0.249. The number of nitrogens with zero attached hydrogens (tertiary/aromatic N) is 3. The van der Waals surface area contributed by atoms with Crippen LogP contribution in [0.1, 0.15) is 24.8 Å².